The van der Waals surface area contributed by atoms with Crippen molar-refractivity contribution < 1.29 is 4.79 Å². The Morgan fingerprint density at radius 3 is 2.49 bits per heavy atom. The molecule has 2 N–H and O–H groups in total. The molecule has 6 rings (SSSR count). The highest BCUT2D eigenvalue weighted by molar-refractivity contribution is 6.06. The van der Waals surface area contributed by atoms with Crippen LogP contribution in [0.4, 0.5) is 5.95 Å². The standard InChI is InChI=1S/C29H29N5O/c1-19-7-6-14-33(19)18-23-10-4-5-11-24(23)20-12-13-26-25(15-20)27(32-29(30)31-26)28(35)34-16-21-8-2-3-9-22(21)17-34/h2-5,8-13,15,19H,6-7,14,16-18H2,1H3,(H2,30,31,32). The van der Waals surface area contributed by atoms with Crippen molar-refractivity contribution in [3.63, 3.8) is 0 Å². The van der Waals surface area contributed by atoms with Crippen molar-refractivity contribution in [1.29, 1.82) is 0 Å². The molecule has 0 spiro atoms. The van der Waals surface area contributed by atoms with Crippen LogP contribution >= 0.6 is 0 Å². The van der Waals surface area contributed by atoms with Gasteiger partial charge in [-0.25, -0.2) is 9.97 Å². The first kappa shape index (κ1) is 21.7. The van der Waals surface area contributed by atoms with Gasteiger partial charge < -0.3 is 10.6 Å². The quantitative estimate of drug-likeness (QED) is 0.460. The Morgan fingerprint density at radius 1 is 1.00 bits per heavy atom. The van der Waals surface area contributed by atoms with E-state index in [0.29, 0.717) is 30.3 Å². The molecule has 3 aromatic carbocycles. The van der Waals surface area contributed by atoms with Crippen LogP contribution in [-0.2, 0) is 19.6 Å². The van der Waals surface area contributed by atoms with E-state index < -0.39 is 0 Å². The number of hydrogen-bond acceptors (Lipinski definition) is 5. The SMILES string of the molecule is CC1CCCN1Cc1ccccc1-c1ccc2nc(N)nc(C(=O)N3Cc4ccccc4C3)c2c1. The molecule has 1 atom stereocenters. The Labute approximate surface area is 205 Å². The summed E-state index contributed by atoms with van der Waals surface area (Å²) < 4.78 is 0. The molecule has 1 unspecified atom stereocenters. The Bertz CT molecular complexity index is 1410. The minimum atomic E-state index is -0.114. The first-order valence-corrected chi connectivity index (χ1v) is 12.3. The minimum Gasteiger partial charge on any atom is -0.368 e. The first-order valence-electron chi connectivity index (χ1n) is 12.3. The molecule has 1 saturated heterocycles. The molecule has 2 aliphatic rings. The summed E-state index contributed by atoms with van der Waals surface area (Å²) in [5.41, 5.74) is 13.0. The maximum atomic E-state index is 13.6. The number of amides is 1. The van der Waals surface area contributed by atoms with Crippen molar-refractivity contribution >= 4 is 22.8 Å². The fourth-order valence-corrected chi connectivity index (χ4v) is 5.49. The van der Waals surface area contributed by atoms with Crippen molar-refractivity contribution in [1.82, 2.24) is 19.8 Å². The van der Waals surface area contributed by atoms with Gasteiger partial charge in [-0.1, -0.05) is 54.6 Å². The highest BCUT2D eigenvalue weighted by Crippen LogP contribution is 2.32. The van der Waals surface area contributed by atoms with Gasteiger partial charge >= 0.3 is 0 Å². The van der Waals surface area contributed by atoms with E-state index in [1.165, 1.54) is 35.1 Å². The van der Waals surface area contributed by atoms with Crippen LogP contribution in [-0.4, -0.2) is 38.3 Å². The van der Waals surface area contributed by atoms with Gasteiger partial charge in [-0.15, -0.1) is 0 Å². The predicted molar refractivity (Wildman–Crippen MR) is 139 cm³/mol. The highest BCUT2D eigenvalue weighted by atomic mass is 16.2. The smallest absolute Gasteiger partial charge is 0.273 e. The molecule has 2 aliphatic heterocycles. The molecular formula is C29H29N5O. The van der Waals surface area contributed by atoms with Gasteiger partial charge in [0, 0.05) is 31.1 Å². The van der Waals surface area contributed by atoms with Gasteiger partial charge in [-0.05, 0) is 66.3 Å². The monoisotopic (exact) mass is 463 g/mol. The second kappa shape index (κ2) is 8.78. The van der Waals surface area contributed by atoms with Gasteiger partial charge in [0.05, 0.1) is 5.52 Å². The maximum absolute atomic E-state index is 13.6. The Balaban J connectivity index is 1.39. The maximum Gasteiger partial charge on any atom is 0.273 e. The van der Waals surface area contributed by atoms with E-state index >= 15 is 0 Å². The molecule has 35 heavy (non-hydrogen) atoms. The molecule has 4 aromatic rings. The zero-order valence-corrected chi connectivity index (χ0v) is 19.9. The summed E-state index contributed by atoms with van der Waals surface area (Å²) in [7, 11) is 0. The summed E-state index contributed by atoms with van der Waals surface area (Å²) in [5, 5.41) is 0.738. The lowest BCUT2D eigenvalue weighted by Crippen LogP contribution is -2.27. The zero-order valence-electron chi connectivity index (χ0n) is 19.9. The predicted octanol–water partition coefficient (Wildman–Crippen LogP) is 5.02. The van der Waals surface area contributed by atoms with Crippen LogP contribution < -0.4 is 5.73 Å². The number of aromatic nitrogens is 2. The molecule has 0 bridgehead atoms. The number of carbonyl (C=O) groups is 1. The number of hydrogen-bond donors (Lipinski definition) is 1. The summed E-state index contributed by atoms with van der Waals surface area (Å²) in [4.78, 5) is 26.9. The van der Waals surface area contributed by atoms with Crippen LogP contribution in [0, 0.1) is 0 Å². The Hall–Kier alpha value is -3.77. The van der Waals surface area contributed by atoms with Crippen LogP contribution in [0.2, 0.25) is 0 Å². The summed E-state index contributed by atoms with van der Waals surface area (Å²) in [6.45, 7) is 5.53. The third-order valence-electron chi connectivity index (χ3n) is 7.44. The molecular weight excluding hydrogens is 434 g/mol. The molecule has 1 amide bonds. The number of nitrogens with two attached hydrogens (primary N) is 1. The van der Waals surface area contributed by atoms with Crippen molar-refractivity contribution in [3.05, 3.63) is 89.1 Å². The lowest BCUT2D eigenvalue weighted by Gasteiger charge is -2.23. The van der Waals surface area contributed by atoms with E-state index in [1.54, 1.807) is 0 Å². The molecule has 1 fully saturated rings. The van der Waals surface area contributed by atoms with Crippen molar-refractivity contribution in [2.45, 2.75) is 45.4 Å². The van der Waals surface area contributed by atoms with E-state index in [0.717, 1.165) is 24.0 Å². The molecule has 0 saturated carbocycles. The van der Waals surface area contributed by atoms with Gasteiger partial charge in [0.2, 0.25) is 5.95 Å². The summed E-state index contributed by atoms with van der Waals surface area (Å²) in [5.74, 6) is 0.00496. The number of rotatable bonds is 4. The topological polar surface area (TPSA) is 75.4 Å². The van der Waals surface area contributed by atoms with Crippen molar-refractivity contribution in [2.75, 3.05) is 12.3 Å². The molecule has 1 aromatic heterocycles. The van der Waals surface area contributed by atoms with Gasteiger partial charge in [-0.2, -0.15) is 0 Å². The fourth-order valence-electron chi connectivity index (χ4n) is 5.49. The molecule has 0 aliphatic carbocycles. The van der Waals surface area contributed by atoms with Gasteiger partial charge in [0.15, 0.2) is 0 Å². The van der Waals surface area contributed by atoms with Crippen LogP contribution in [0.15, 0.2) is 66.7 Å². The second-order valence-electron chi connectivity index (χ2n) is 9.71. The molecule has 176 valence electrons. The van der Waals surface area contributed by atoms with Gasteiger partial charge in [-0.3, -0.25) is 9.69 Å². The molecule has 0 radical (unpaired) electrons. The Kier molecular flexibility index (Phi) is 5.46. The van der Waals surface area contributed by atoms with Crippen LogP contribution in [0.1, 0.15) is 46.9 Å². The Morgan fingerprint density at radius 2 is 1.74 bits per heavy atom. The number of nitrogen functional groups attached to an aromatic ring is 1. The lowest BCUT2D eigenvalue weighted by atomic mass is 9.97. The van der Waals surface area contributed by atoms with Crippen molar-refractivity contribution in [3.8, 4) is 11.1 Å². The number of benzene rings is 3. The number of likely N-dealkylation sites (tertiary alicyclic amines) is 1. The summed E-state index contributed by atoms with van der Waals surface area (Å²) >= 11 is 0. The lowest BCUT2D eigenvalue weighted by molar-refractivity contribution is 0.0747. The summed E-state index contributed by atoms with van der Waals surface area (Å²) in [6, 6.07) is 23.4. The largest absolute Gasteiger partial charge is 0.368 e. The van der Waals surface area contributed by atoms with Crippen molar-refractivity contribution in [2.24, 2.45) is 0 Å². The average Bonchev–Trinajstić information content (AvgIpc) is 3.49. The van der Waals surface area contributed by atoms with Crippen LogP contribution in [0.25, 0.3) is 22.0 Å². The third kappa shape index (κ3) is 4.04. The summed E-state index contributed by atoms with van der Waals surface area (Å²) in [6.07, 6.45) is 2.51. The van der Waals surface area contributed by atoms with E-state index in [2.05, 4.69) is 70.3 Å². The van der Waals surface area contributed by atoms with E-state index in [9.17, 15) is 4.79 Å². The van der Waals surface area contributed by atoms with Gasteiger partial charge in [0.1, 0.15) is 5.69 Å². The van der Waals surface area contributed by atoms with Gasteiger partial charge in [0.25, 0.3) is 5.91 Å². The number of anilines is 1. The molecule has 3 heterocycles. The van der Waals surface area contributed by atoms with E-state index in [1.807, 2.05) is 23.1 Å². The number of fused-ring (bicyclic) bond motifs is 2. The van der Waals surface area contributed by atoms with Crippen LogP contribution in [0.5, 0.6) is 0 Å². The fraction of sp³-hybridized carbons (Fsp3) is 0.276. The van der Waals surface area contributed by atoms with E-state index in [4.69, 9.17) is 5.73 Å². The highest BCUT2D eigenvalue weighted by Gasteiger charge is 2.27. The normalized spacial score (nSPS) is 17.7. The zero-order chi connectivity index (χ0) is 23.9. The average molecular weight is 464 g/mol. The molecule has 6 nitrogen and oxygen atoms in total. The minimum absolute atomic E-state index is 0.114. The van der Waals surface area contributed by atoms with E-state index in [-0.39, 0.29) is 11.9 Å². The first-order chi connectivity index (χ1) is 17.1. The number of carbonyl (C=O) groups excluding carboxylic acids is 1. The number of nitrogens with zero attached hydrogens (tertiary/aromatic N) is 4. The third-order valence-corrected chi connectivity index (χ3v) is 7.44. The second-order valence-corrected chi connectivity index (χ2v) is 9.71. The van der Waals surface area contributed by atoms with Crippen LogP contribution in [0.3, 0.4) is 0 Å². The molecule has 6 heteroatoms.